The van der Waals surface area contributed by atoms with E-state index in [9.17, 15) is 0 Å². The second kappa shape index (κ2) is 4.99. The molecule has 0 aromatic heterocycles. The van der Waals surface area contributed by atoms with Crippen LogP contribution in [0, 0.1) is 13.8 Å². The summed E-state index contributed by atoms with van der Waals surface area (Å²) in [6.07, 6.45) is 0. The van der Waals surface area contributed by atoms with Gasteiger partial charge in [-0.2, -0.15) is 0 Å². The van der Waals surface area contributed by atoms with E-state index in [0.717, 1.165) is 0 Å². The van der Waals surface area contributed by atoms with E-state index in [-0.39, 0.29) is 15.8 Å². The molecule has 0 spiro atoms. The van der Waals surface area contributed by atoms with Gasteiger partial charge in [-0.3, -0.25) is 0 Å². The van der Waals surface area contributed by atoms with Crippen LogP contribution in [0.25, 0.3) is 0 Å². The molecule has 0 radical (unpaired) electrons. The van der Waals surface area contributed by atoms with Crippen LogP contribution < -0.4 is 4.52 Å². The van der Waals surface area contributed by atoms with Crippen LogP contribution in [-0.4, -0.2) is 9.79 Å². The van der Waals surface area contributed by atoms with Crippen molar-refractivity contribution in [3.05, 3.63) is 26.2 Å². The van der Waals surface area contributed by atoms with Gasteiger partial charge in [-0.1, -0.05) is 34.8 Å². The van der Waals surface area contributed by atoms with Gasteiger partial charge in [0.1, 0.15) is 0 Å². The van der Waals surface area contributed by atoms with E-state index in [1.165, 1.54) is 0 Å². The lowest BCUT2D eigenvalue weighted by atomic mass is 10.1. The molecule has 2 N–H and O–H groups in total. The summed E-state index contributed by atoms with van der Waals surface area (Å²) in [6.45, 7) is -0.612. The molecule has 3 nitrogen and oxygen atoms in total. The highest BCUT2D eigenvalue weighted by atomic mass is 35.5. The first-order valence-electron chi connectivity index (χ1n) is 4.04. The van der Waals surface area contributed by atoms with Gasteiger partial charge in [0.05, 0.1) is 15.1 Å². The summed E-state index contributed by atoms with van der Waals surface area (Å²) in [5.41, 5.74) is 0.914. The van der Waals surface area contributed by atoms with Gasteiger partial charge in [0.2, 0.25) is 0 Å². The van der Waals surface area contributed by atoms with Gasteiger partial charge in [-0.25, -0.2) is 0 Å². The van der Waals surface area contributed by atoms with Crippen molar-refractivity contribution in [1.29, 1.82) is 0 Å². The third-order valence-electron chi connectivity index (χ3n) is 1.93. The molecular weight excluding hydrogens is 313 g/mol. The largest absolute Gasteiger partial charge is 0.422 e. The Bertz CT molecular complexity index is 457. The Labute approximate surface area is 113 Å². The topological polar surface area (TPSA) is 49.7 Å². The summed E-state index contributed by atoms with van der Waals surface area (Å²) in [5.74, 6) is 0.0573. The van der Waals surface area contributed by atoms with Crippen molar-refractivity contribution in [3.8, 4) is 5.75 Å². The molecule has 8 heteroatoms. The van der Waals surface area contributed by atoms with Crippen molar-refractivity contribution in [1.82, 2.24) is 0 Å². The highest BCUT2D eigenvalue weighted by Gasteiger charge is 2.21. The zero-order chi connectivity index (χ0) is 12.7. The van der Waals surface area contributed by atoms with Crippen LogP contribution in [-0.2, 0) is 11.8 Å². The molecule has 90 valence electrons. The van der Waals surface area contributed by atoms with Gasteiger partial charge in [0.25, 0.3) is 0 Å². The SMILES string of the molecule is Cc1c(Cl)c(Cl)c(C)c(OP(O)(O)=S)c1Cl. The lowest BCUT2D eigenvalue weighted by Gasteiger charge is -2.17. The molecule has 0 saturated carbocycles. The van der Waals surface area contributed by atoms with Gasteiger partial charge in [-0.15, -0.1) is 0 Å². The van der Waals surface area contributed by atoms with E-state index in [2.05, 4.69) is 11.8 Å². The third-order valence-corrected chi connectivity index (χ3v) is 4.07. The zero-order valence-electron chi connectivity index (χ0n) is 8.29. The average molecular weight is 322 g/mol. The lowest BCUT2D eigenvalue weighted by Crippen LogP contribution is -1.96. The van der Waals surface area contributed by atoms with E-state index >= 15 is 0 Å². The van der Waals surface area contributed by atoms with E-state index in [0.29, 0.717) is 16.1 Å². The van der Waals surface area contributed by atoms with Gasteiger partial charge in [0.15, 0.2) is 5.75 Å². The summed E-state index contributed by atoms with van der Waals surface area (Å²) < 4.78 is 4.84. The summed E-state index contributed by atoms with van der Waals surface area (Å²) in [6, 6.07) is 0. The molecule has 1 rings (SSSR count). The Kier molecular flexibility index (Phi) is 4.53. The van der Waals surface area contributed by atoms with Crippen LogP contribution in [0.5, 0.6) is 5.75 Å². The Hall–Kier alpha value is 0.460. The molecule has 0 heterocycles. The van der Waals surface area contributed by atoms with Gasteiger partial charge < -0.3 is 14.3 Å². The summed E-state index contributed by atoms with van der Waals surface area (Å²) in [5, 5.41) is 0.729. The molecule has 0 amide bonds. The highest BCUT2D eigenvalue weighted by molar-refractivity contribution is 8.06. The summed E-state index contributed by atoms with van der Waals surface area (Å²) in [7, 11) is 0. The lowest BCUT2D eigenvalue weighted by molar-refractivity contribution is 0.369. The minimum atomic E-state index is -3.85. The first-order valence-corrected chi connectivity index (χ1v) is 7.80. The van der Waals surface area contributed by atoms with Crippen molar-refractivity contribution in [2.45, 2.75) is 13.8 Å². The Morgan fingerprint density at radius 2 is 1.44 bits per heavy atom. The molecule has 0 unspecified atom stereocenters. The smallest absolute Gasteiger partial charge is 0.375 e. The fourth-order valence-electron chi connectivity index (χ4n) is 1.09. The monoisotopic (exact) mass is 320 g/mol. The second-order valence-corrected chi connectivity index (χ2v) is 6.83. The van der Waals surface area contributed by atoms with Crippen molar-refractivity contribution in [2.75, 3.05) is 0 Å². The maximum Gasteiger partial charge on any atom is 0.375 e. The second-order valence-electron chi connectivity index (χ2n) is 3.10. The van der Waals surface area contributed by atoms with E-state index in [1.54, 1.807) is 13.8 Å². The molecule has 0 aliphatic rings. The summed E-state index contributed by atoms with van der Waals surface area (Å²) >= 11 is 22.2. The molecular formula is C8H8Cl3O3PS. The van der Waals surface area contributed by atoms with Gasteiger partial charge in [-0.05, 0) is 19.4 Å². The van der Waals surface area contributed by atoms with Crippen LogP contribution in [0.1, 0.15) is 11.1 Å². The van der Waals surface area contributed by atoms with Crippen LogP contribution in [0.3, 0.4) is 0 Å². The van der Waals surface area contributed by atoms with E-state index < -0.39 is 6.72 Å². The highest BCUT2D eigenvalue weighted by Crippen LogP contribution is 2.48. The van der Waals surface area contributed by atoms with Crippen LogP contribution in [0.4, 0.5) is 0 Å². The quantitative estimate of drug-likeness (QED) is 0.641. The maximum atomic E-state index is 9.10. The first-order chi connectivity index (χ1) is 7.15. The van der Waals surface area contributed by atoms with Crippen LogP contribution >= 0.6 is 41.5 Å². The van der Waals surface area contributed by atoms with Gasteiger partial charge >= 0.3 is 6.72 Å². The standard InChI is InChI=1S/C8H8Cl3O3PS/c1-3-5(9)6(10)4(2)8(7(3)11)14-15(12,13)16/h1-2H3,(H2,12,13,16). The molecule has 0 fully saturated rings. The fourth-order valence-corrected chi connectivity index (χ4v) is 2.62. The average Bonchev–Trinajstić information content (AvgIpc) is 2.17. The molecule has 1 aromatic carbocycles. The third kappa shape index (κ3) is 3.02. The van der Waals surface area contributed by atoms with Crippen molar-refractivity contribution < 1.29 is 14.3 Å². The maximum absolute atomic E-state index is 9.10. The minimum Gasteiger partial charge on any atom is -0.422 e. The molecule has 0 atom stereocenters. The van der Waals surface area contributed by atoms with Crippen molar-refractivity contribution in [3.63, 3.8) is 0 Å². The molecule has 0 bridgehead atoms. The van der Waals surface area contributed by atoms with Gasteiger partial charge in [0, 0.05) is 17.4 Å². The Morgan fingerprint density at radius 1 is 1.00 bits per heavy atom. The molecule has 16 heavy (non-hydrogen) atoms. The van der Waals surface area contributed by atoms with Crippen molar-refractivity contribution >= 4 is 53.3 Å². The molecule has 0 aliphatic carbocycles. The van der Waals surface area contributed by atoms with Crippen LogP contribution in [0.15, 0.2) is 0 Å². The summed E-state index contributed by atoms with van der Waals surface area (Å²) in [4.78, 5) is 18.2. The first kappa shape index (κ1) is 14.5. The zero-order valence-corrected chi connectivity index (χ0v) is 12.3. The Morgan fingerprint density at radius 3 is 1.88 bits per heavy atom. The normalized spacial score (nSPS) is 11.7. The molecule has 0 saturated heterocycles. The van der Waals surface area contributed by atoms with Crippen molar-refractivity contribution in [2.24, 2.45) is 0 Å². The minimum absolute atomic E-state index is 0.0573. The molecule has 0 aliphatic heterocycles. The number of rotatable bonds is 2. The predicted molar refractivity (Wildman–Crippen MR) is 70.3 cm³/mol. The Balaban J connectivity index is 3.46. The fraction of sp³-hybridized carbons (Fsp3) is 0.250. The predicted octanol–water partition coefficient (Wildman–Crippen LogP) is 3.85. The van der Waals surface area contributed by atoms with E-state index in [4.69, 9.17) is 49.1 Å². The molecule has 1 aromatic rings. The number of benzene rings is 1. The van der Waals surface area contributed by atoms with Crippen LogP contribution in [0.2, 0.25) is 15.1 Å². The number of hydrogen-bond donors (Lipinski definition) is 2. The number of halogens is 3. The number of hydrogen-bond acceptors (Lipinski definition) is 2. The van der Waals surface area contributed by atoms with E-state index in [1.807, 2.05) is 0 Å².